The molecule has 0 unspecified atom stereocenters. The molecule has 0 saturated carbocycles. The third-order valence-electron chi connectivity index (χ3n) is 2.10. The molecular formula is C10H14ClN3O2. The predicted molar refractivity (Wildman–Crippen MR) is 61.5 cm³/mol. The summed E-state index contributed by atoms with van der Waals surface area (Å²) in [6.45, 7) is 2.28. The number of carbonyl (C=O) groups is 1. The van der Waals surface area contributed by atoms with Gasteiger partial charge in [0, 0.05) is 13.6 Å². The van der Waals surface area contributed by atoms with E-state index in [1.165, 1.54) is 19.5 Å². The van der Waals surface area contributed by atoms with E-state index in [0.29, 0.717) is 17.5 Å². The minimum atomic E-state index is -0.249. The van der Waals surface area contributed by atoms with E-state index in [-0.39, 0.29) is 11.9 Å². The highest BCUT2D eigenvalue weighted by Gasteiger charge is 2.16. The van der Waals surface area contributed by atoms with E-state index in [1.54, 1.807) is 11.8 Å². The first-order valence-corrected chi connectivity index (χ1v) is 5.19. The molecule has 6 heteroatoms. The van der Waals surface area contributed by atoms with Crippen molar-refractivity contribution in [3.05, 3.63) is 17.4 Å². The molecule has 1 rings (SSSR count). The quantitative estimate of drug-likeness (QED) is 0.748. The molecule has 16 heavy (non-hydrogen) atoms. The fraction of sp³-hybridized carbons (Fsp3) is 0.500. The van der Waals surface area contributed by atoms with Crippen LogP contribution in [0.3, 0.4) is 0 Å². The summed E-state index contributed by atoms with van der Waals surface area (Å²) in [6, 6.07) is 0. The Kier molecular flexibility index (Phi) is 4.49. The second kappa shape index (κ2) is 5.65. The van der Waals surface area contributed by atoms with Crippen LogP contribution in [0.5, 0.6) is 0 Å². The molecule has 0 amide bonds. The topological polar surface area (TPSA) is 55.3 Å². The molecule has 0 spiro atoms. The van der Waals surface area contributed by atoms with Crippen LogP contribution in [0.1, 0.15) is 6.92 Å². The van der Waals surface area contributed by atoms with Crippen LogP contribution in [0.25, 0.3) is 0 Å². The molecule has 0 saturated heterocycles. The first kappa shape index (κ1) is 12.7. The highest BCUT2D eigenvalue weighted by Crippen LogP contribution is 2.10. The third kappa shape index (κ3) is 3.34. The molecule has 0 aliphatic rings. The lowest BCUT2D eigenvalue weighted by molar-refractivity contribution is -0.144. The van der Waals surface area contributed by atoms with E-state index in [1.807, 2.05) is 7.05 Å². The number of ether oxygens (including phenoxy) is 1. The molecule has 0 aliphatic heterocycles. The molecular weight excluding hydrogens is 230 g/mol. The summed E-state index contributed by atoms with van der Waals surface area (Å²) < 4.78 is 4.64. The zero-order valence-corrected chi connectivity index (χ0v) is 10.2. The lowest BCUT2D eigenvalue weighted by Gasteiger charge is -2.19. The van der Waals surface area contributed by atoms with Crippen molar-refractivity contribution in [2.24, 2.45) is 5.92 Å². The van der Waals surface area contributed by atoms with Gasteiger partial charge in [-0.25, -0.2) is 9.97 Å². The molecule has 0 fully saturated rings. The summed E-state index contributed by atoms with van der Waals surface area (Å²) in [4.78, 5) is 21.1. The van der Waals surface area contributed by atoms with E-state index >= 15 is 0 Å². The van der Waals surface area contributed by atoms with Crippen molar-refractivity contribution in [3.8, 4) is 0 Å². The highest BCUT2D eigenvalue weighted by molar-refractivity contribution is 6.30. The van der Waals surface area contributed by atoms with Crippen LogP contribution in [0.4, 0.5) is 5.95 Å². The summed E-state index contributed by atoms with van der Waals surface area (Å²) in [5.74, 6) is 0.0512. The Morgan fingerprint density at radius 2 is 2.12 bits per heavy atom. The molecule has 1 atom stereocenters. The van der Waals surface area contributed by atoms with Crippen molar-refractivity contribution in [2.45, 2.75) is 6.92 Å². The van der Waals surface area contributed by atoms with Gasteiger partial charge >= 0.3 is 5.97 Å². The van der Waals surface area contributed by atoms with Gasteiger partial charge in [-0.05, 0) is 0 Å². The summed E-state index contributed by atoms with van der Waals surface area (Å²) in [5.41, 5.74) is 0. The van der Waals surface area contributed by atoms with Crippen LogP contribution < -0.4 is 4.90 Å². The van der Waals surface area contributed by atoms with Crippen LogP contribution in [-0.4, -0.2) is 36.6 Å². The van der Waals surface area contributed by atoms with Crippen molar-refractivity contribution < 1.29 is 9.53 Å². The molecule has 0 aromatic carbocycles. The van der Waals surface area contributed by atoms with Gasteiger partial charge in [-0.3, -0.25) is 4.79 Å². The van der Waals surface area contributed by atoms with Crippen LogP contribution >= 0.6 is 11.6 Å². The average Bonchev–Trinajstić information content (AvgIpc) is 2.28. The Morgan fingerprint density at radius 1 is 1.56 bits per heavy atom. The number of hydrogen-bond donors (Lipinski definition) is 0. The van der Waals surface area contributed by atoms with Gasteiger partial charge in [0.25, 0.3) is 0 Å². The fourth-order valence-electron chi connectivity index (χ4n) is 1.27. The standard InChI is InChI=1S/C10H14ClN3O2/c1-7(9(15)16-3)6-14(2)10-12-4-8(11)5-13-10/h4-5,7H,6H2,1-3H3/t7-/m1/s1. The minimum absolute atomic E-state index is 0.228. The van der Waals surface area contributed by atoms with Crippen molar-refractivity contribution in [1.29, 1.82) is 0 Å². The molecule has 0 bridgehead atoms. The number of methoxy groups -OCH3 is 1. The van der Waals surface area contributed by atoms with E-state index < -0.39 is 0 Å². The van der Waals surface area contributed by atoms with Crippen LogP contribution in [0, 0.1) is 5.92 Å². The number of rotatable bonds is 4. The van der Waals surface area contributed by atoms with Gasteiger partial charge < -0.3 is 9.64 Å². The summed E-state index contributed by atoms with van der Waals surface area (Å²) >= 11 is 5.68. The van der Waals surface area contributed by atoms with Crippen molar-refractivity contribution in [3.63, 3.8) is 0 Å². The lowest BCUT2D eigenvalue weighted by atomic mass is 10.2. The van der Waals surface area contributed by atoms with Gasteiger partial charge in [0.1, 0.15) is 0 Å². The number of aromatic nitrogens is 2. The Labute approximate surface area is 99.4 Å². The fourth-order valence-corrected chi connectivity index (χ4v) is 1.37. The SMILES string of the molecule is COC(=O)[C@H](C)CN(C)c1ncc(Cl)cn1. The smallest absolute Gasteiger partial charge is 0.310 e. The second-order valence-electron chi connectivity index (χ2n) is 3.51. The van der Waals surface area contributed by atoms with E-state index in [9.17, 15) is 4.79 Å². The Morgan fingerprint density at radius 3 is 2.62 bits per heavy atom. The van der Waals surface area contributed by atoms with Gasteiger partial charge in [0.2, 0.25) is 5.95 Å². The molecule has 0 radical (unpaired) electrons. The van der Waals surface area contributed by atoms with Crippen molar-refractivity contribution >= 4 is 23.5 Å². The first-order chi connectivity index (χ1) is 7.54. The van der Waals surface area contributed by atoms with Gasteiger partial charge in [-0.2, -0.15) is 0 Å². The summed E-state index contributed by atoms with van der Waals surface area (Å²) in [7, 11) is 3.18. The van der Waals surface area contributed by atoms with Gasteiger partial charge in [0.05, 0.1) is 30.4 Å². The maximum Gasteiger partial charge on any atom is 0.310 e. The number of halogens is 1. The van der Waals surface area contributed by atoms with Crippen LogP contribution in [0.15, 0.2) is 12.4 Å². The zero-order valence-electron chi connectivity index (χ0n) is 9.48. The number of carbonyl (C=O) groups excluding carboxylic acids is 1. The summed E-state index contributed by atoms with van der Waals surface area (Å²) in [6.07, 6.45) is 3.03. The number of nitrogens with zero attached hydrogens (tertiary/aromatic N) is 3. The molecule has 1 aromatic heterocycles. The second-order valence-corrected chi connectivity index (χ2v) is 3.94. The Balaban J connectivity index is 2.61. The Hall–Kier alpha value is -1.36. The molecule has 0 aliphatic carbocycles. The van der Waals surface area contributed by atoms with E-state index in [2.05, 4.69) is 14.7 Å². The first-order valence-electron chi connectivity index (χ1n) is 4.81. The molecule has 0 N–H and O–H groups in total. The maximum atomic E-state index is 11.2. The molecule has 1 aromatic rings. The van der Waals surface area contributed by atoms with Gasteiger partial charge in [0.15, 0.2) is 0 Å². The van der Waals surface area contributed by atoms with Crippen LogP contribution in [-0.2, 0) is 9.53 Å². The normalized spacial score (nSPS) is 12.0. The molecule has 88 valence electrons. The van der Waals surface area contributed by atoms with E-state index in [4.69, 9.17) is 11.6 Å². The lowest BCUT2D eigenvalue weighted by Crippen LogP contribution is -2.30. The van der Waals surface area contributed by atoms with Gasteiger partial charge in [-0.1, -0.05) is 18.5 Å². The van der Waals surface area contributed by atoms with E-state index in [0.717, 1.165) is 0 Å². The average molecular weight is 244 g/mol. The van der Waals surface area contributed by atoms with Gasteiger partial charge in [-0.15, -0.1) is 0 Å². The molecule has 5 nitrogen and oxygen atoms in total. The zero-order chi connectivity index (χ0) is 12.1. The van der Waals surface area contributed by atoms with Crippen molar-refractivity contribution in [1.82, 2.24) is 9.97 Å². The third-order valence-corrected chi connectivity index (χ3v) is 2.29. The summed E-state index contributed by atoms with van der Waals surface area (Å²) in [5, 5.41) is 0.484. The van der Waals surface area contributed by atoms with Crippen LogP contribution in [0.2, 0.25) is 5.02 Å². The van der Waals surface area contributed by atoms with Crippen molar-refractivity contribution in [2.75, 3.05) is 25.6 Å². The predicted octanol–water partition coefficient (Wildman–Crippen LogP) is 1.38. The number of anilines is 1. The number of esters is 1. The molecule has 1 heterocycles. The minimum Gasteiger partial charge on any atom is -0.469 e. The maximum absolute atomic E-state index is 11.2. The monoisotopic (exact) mass is 243 g/mol. The highest BCUT2D eigenvalue weighted by atomic mass is 35.5. The number of hydrogen-bond acceptors (Lipinski definition) is 5. The largest absolute Gasteiger partial charge is 0.469 e. The Bertz CT molecular complexity index is 356.